The van der Waals surface area contributed by atoms with E-state index in [-0.39, 0.29) is 0 Å². The molecule has 1 aliphatic carbocycles. The number of fused-ring (bicyclic) bond motifs is 9. The molecular weight excluding hydrogens is 641 g/mol. The van der Waals surface area contributed by atoms with Crippen molar-refractivity contribution >= 4 is 60.8 Å². The molecule has 0 spiro atoms. The Morgan fingerprint density at radius 2 is 1.27 bits per heavy atom. The summed E-state index contributed by atoms with van der Waals surface area (Å²) in [5, 5.41) is 5.50. The fourth-order valence-corrected chi connectivity index (χ4v) is 8.03. The van der Waals surface area contributed by atoms with E-state index in [0.29, 0.717) is 23.4 Å². The summed E-state index contributed by atoms with van der Waals surface area (Å²) in [6.07, 6.45) is 5.20. The van der Waals surface area contributed by atoms with E-state index in [0.717, 1.165) is 78.5 Å². The highest BCUT2D eigenvalue weighted by Gasteiger charge is 2.24. The van der Waals surface area contributed by atoms with Crippen LogP contribution in [0.25, 0.3) is 101 Å². The molecule has 0 bridgehead atoms. The Balaban J connectivity index is 1.19. The van der Waals surface area contributed by atoms with Crippen LogP contribution in [-0.2, 0) is 6.42 Å². The zero-order chi connectivity index (χ0) is 34.3. The molecular formula is C46H30N4O2. The van der Waals surface area contributed by atoms with Gasteiger partial charge in [-0.25, -0.2) is 15.0 Å². The maximum atomic E-state index is 6.50. The van der Waals surface area contributed by atoms with Crippen molar-refractivity contribution in [2.24, 2.45) is 5.92 Å². The van der Waals surface area contributed by atoms with Crippen molar-refractivity contribution in [3.8, 4) is 39.9 Å². The van der Waals surface area contributed by atoms with E-state index in [4.69, 9.17) is 23.8 Å². The lowest BCUT2D eigenvalue weighted by atomic mass is 9.91. The van der Waals surface area contributed by atoms with Gasteiger partial charge in [-0.1, -0.05) is 104 Å². The van der Waals surface area contributed by atoms with E-state index in [1.807, 2.05) is 48.5 Å². The highest BCUT2D eigenvalue weighted by molar-refractivity contribution is 6.11. The van der Waals surface area contributed by atoms with Crippen LogP contribution in [0.2, 0.25) is 0 Å². The van der Waals surface area contributed by atoms with Gasteiger partial charge in [-0.2, -0.15) is 0 Å². The summed E-state index contributed by atoms with van der Waals surface area (Å²) in [5.74, 6) is 3.03. The van der Waals surface area contributed by atoms with Gasteiger partial charge in [-0.3, -0.25) is 0 Å². The summed E-state index contributed by atoms with van der Waals surface area (Å²) in [6.45, 7) is 2.24. The van der Waals surface area contributed by atoms with Gasteiger partial charge in [0.25, 0.3) is 0 Å². The second-order valence-corrected chi connectivity index (χ2v) is 13.7. The Kier molecular flexibility index (Phi) is 6.19. The molecule has 0 radical (unpaired) electrons. The number of nitrogens with zero attached hydrogens (tertiary/aromatic N) is 4. The monoisotopic (exact) mass is 670 g/mol. The topological polar surface area (TPSA) is 69.9 Å². The van der Waals surface area contributed by atoms with E-state index in [1.165, 1.54) is 16.3 Å². The third-order valence-corrected chi connectivity index (χ3v) is 10.4. The lowest BCUT2D eigenvalue weighted by Gasteiger charge is -2.13. The second kappa shape index (κ2) is 11.1. The number of benzene rings is 6. The molecule has 1 atom stereocenters. The van der Waals surface area contributed by atoms with Crippen molar-refractivity contribution in [1.82, 2.24) is 19.5 Å². The maximum Gasteiger partial charge on any atom is 0.167 e. The number of rotatable bonds is 4. The molecule has 4 aromatic heterocycles. The van der Waals surface area contributed by atoms with Gasteiger partial charge in [-0.05, 0) is 60.9 Å². The average molecular weight is 671 g/mol. The fourth-order valence-electron chi connectivity index (χ4n) is 8.03. The SMILES string of the molecule is CC1C=Cc2oc3cccc(-c4nc(-c5ccc6c7ccccc7n(-c7ccccc7)c6c5)nc(-c5cccc6c5oc5ccccc56)n4)c3c2C1. The molecule has 10 aromatic rings. The van der Waals surface area contributed by atoms with E-state index >= 15 is 0 Å². The Hall–Kier alpha value is -6.79. The molecule has 6 nitrogen and oxygen atoms in total. The van der Waals surface area contributed by atoms with Crippen molar-refractivity contribution in [3.63, 3.8) is 0 Å². The van der Waals surface area contributed by atoms with Crippen LogP contribution in [0.15, 0.2) is 148 Å². The van der Waals surface area contributed by atoms with Crippen LogP contribution < -0.4 is 0 Å². The highest BCUT2D eigenvalue weighted by atomic mass is 16.3. The van der Waals surface area contributed by atoms with Gasteiger partial charge in [0, 0.05) is 49.3 Å². The first-order chi connectivity index (χ1) is 25.7. The van der Waals surface area contributed by atoms with Gasteiger partial charge in [0.1, 0.15) is 22.5 Å². The van der Waals surface area contributed by atoms with Crippen molar-refractivity contribution < 1.29 is 8.83 Å². The lowest BCUT2D eigenvalue weighted by molar-refractivity contribution is 0.584. The first-order valence-corrected chi connectivity index (χ1v) is 17.7. The quantitative estimate of drug-likeness (QED) is 0.186. The molecule has 0 saturated carbocycles. The van der Waals surface area contributed by atoms with Gasteiger partial charge in [0.15, 0.2) is 17.5 Å². The predicted octanol–water partition coefficient (Wildman–Crippen LogP) is 11.8. The van der Waals surface area contributed by atoms with Crippen LogP contribution in [0, 0.1) is 5.92 Å². The summed E-state index contributed by atoms with van der Waals surface area (Å²) in [6, 6.07) is 46.0. The van der Waals surface area contributed by atoms with Crippen LogP contribution in [0.1, 0.15) is 18.2 Å². The Labute approximate surface area is 298 Å². The molecule has 4 heterocycles. The van der Waals surface area contributed by atoms with Crippen LogP contribution >= 0.6 is 0 Å². The third kappa shape index (κ3) is 4.34. The largest absolute Gasteiger partial charge is 0.456 e. The van der Waals surface area contributed by atoms with Crippen molar-refractivity contribution in [2.75, 3.05) is 0 Å². The summed E-state index contributed by atoms with van der Waals surface area (Å²) in [4.78, 5) is 15.7. The minimum atomic E-state index is 0.402. The van der Waals surface area contributed by atoms with Crippen molar-refractivity contribution in [1.29, 1.82) is 0 Å². The molecule has 0 saturated heterocycles. The maximum absolute atomic E-state index is 6.50. The Morgan fingerprint density at radius 1 is 0.577 bits per heavy atom. The number of allylic oxidation sites excluding steroid dienone is 1. The van der Waals surface area contributed by atoms with Crippen molar-refractivity contribution in [2.45, 2.75) is 13.3 Å². The third-order valence-electron chi connectivity index (χ3n) is 10.4. The Morgan fingerprint density at radius 3 is 2.17 bits per heavy atom. The Bertz CT molecular complexity index is 3070. The van der Waals surface area contributed by atoms with E-state index in [2.05, 4.69) is 109 Å². The molecule has 11 rings (SSSR count). The standard InChI is InChI=1S/C46H30N4O2/c1-27-21-24-40-36(25-27)42-34(16-10-20-41(42)51-40)45-47-44(48-46(49-45)35-17-9-15-33-32-14-6-8-19-39(32)52-43(33)35)28-22-23-31-30-13-5-7-18-37(30)50(38(31)26-28)29-11-3-2-4-12-29/h2-24,26-27H,25H2,1H3. The van der Waals surface area contributed by atoms with Gasteiger partial charge < -0.3 is 13.4 Å². The minimum absolute atomic E-state index is 0.402. The normalized spacial score (nSPS) is 14.3. The average Bonchev–Trinajstić information content (AvgIpc) is 3.87. The second-order valence-electron chi connectivity index (χ2n) is 13.7. The highest BCUT2D eigenvalue weighted by Crippen LogP contribution is 2.41. The number of aromatic nitrogens is 4. The first-order valence-electron chi connectivity index (χ1n) is 17.7. The number of hydrogen-bond donors (Lipinski definition) is 0. The van der Waals surface area contributed by atoms with Gasteiger partial charge in [-0.15, -0.1) is 0 Å². The molecule has 0 N–H and O–H groups in total. The molecule has 0 aliphatic heterocycles. The number of hydrogen-bond acceptors (Lipinski definition) is 5. The summed E-state index contributed by atoms with van der Waals surface area (Å²) in [5.41, 5.74) is 9.57. The smallest absolute Gasteiger partial charge is 0.167 e. The van der Waals surface area contributed by atoms with Gasteiger partial charge in [0.2, 0.25) is 0 Å². The predicted molar refractivity (Wildman–Crippen MR) is 209 cm³/mol. The van der Waals surface area contributed by atoms with E-state index in [1.54, 1.807) is 0 Å². The minimum Gasteiger partial charge on any atom is -0.456 e. The van der Waals surface area contributed by atoms with E-state index in [9.17, 15) is 0 Å². The molecule has 52 heavy (non-hydrogen) atoms. The molecule has 0 fully saturated rings. The van der Waals surface area contributed by atoms with Crippen LogP contribution in [0.5, 0.6) is 0 Å². The first kappa shape index (κ1) is 29.0. The molecule has 1 unspecified atom stereocenters. The number of furan rings is 2. The van der Waals surface area contributed by atoms with Crippen LogP contribution in [-0.4, -0.2) is 19.5 Å². The zero-order valence-corrected chi connectivity index (χ0v) is 28.2. The molecule has 0 amide bonds. The van der Waals surface area contributed by atoms with Crippen molar-refractivity contribution in [3.05, 3.63) is 151 Å². The molecule has 6 aromatic carbocycles. The summed E-state index contributed by atoms with van der Waals surface area (Å²) >= 11 is 0. The summed E-state index contributed by atoms with van der Waals surface area (Å²) < 4.78 is 15.2. The van der Waals surface area contributed by atoms with Gasteiger partial charge >= 0.3 is 0 Å². The summed E-state index contributed by atoms with van der Waals surface area (Å²) in [7, 11) is 0. The van der Waals surface area contributed by atoms with Crippen LogP contribution in [0.3, 0.4) is 0 Å². The van der Waals surface area contributed by atoms with E-state index < -0.39 is 0 Å². The number of para-hydroxylation sites is 4. The van der Waals surface area contributed by atoms with Gasteiger partial charge in [0.05, 0.1) is 16.6 Å². The fraction of sp³-hybridized carbons (Fsp3) is 0.0652. The molecule has 6 heteroatoms. The lowest BCUT2D eigenvalue weighted by Crippen LogP contribution is -2.03. The zero-order valence-electron chi connectivity index (χ0n) is 28.2. The molecule has 1 aliphatic rings. The molecule has 246 valence electrons. The van der Waals surface area contributed by atoms with Crippen LogP contribution in [0.4, 0.5) is 0 Å².